The zero-order chi connectivity index (χ0) is 40.3. The number of rotatable bonds is 5. The third kappa shape index (κ3) is 10.7. The average molecular weight is 795 g/mol. The molecule has 4 aromatic carbocycles. The normalized spacial score (nSPS) is 11.9. The summed E-state index contributed by atoms with van der Waals surface area (Å²) in [4.78, 5) is 41.7. The van der Waals surface area contributed by atoms with Crippen LogP contribution >= 0.6 is 21.6 Å². The first-order valence-corrected chi connectivity index (χ1v) is 20.6. The van der Waals surface area contributed by atoms with Crippen LogP contribution in [0, 0.1) is 27.7 Å². The molecule has 0 radical (unpaired) electrons. The number of aromatic nitrogens is 4. The van der Waals surface area contributed by atoms with Gasteiger partial charge in [0.2, 0.25) is 0 Å². The number of nitrogens with zero attached hydrogens (tertiary/aromatic N) is 4. The summed E-state index contributed by atoms with van der Waals surface area (Å²) in [6.07, 6.45) is 2.56. The predicted octanol–water partition coefficient (Wildman–Crippen LogP) is 11.5. The van der Waals surface area contributed by atoms with Crippen molar-refractivity contribution >= 4 is 77.1 Å². The maximum Gasteiger partial charge on any atom is 0.336 e. The Hall–Kier alpha value is -5.88. The van der Waals surface area contributed by atoms with Gasteiger partial charge in [-0.05, 0) is 89.1 Å². The summed E-state index contributed by atoms with van der Waals surface area (Å²) in [6.45, 7) is 10.0. The molecule has 57 heavy (non-hydrogen) atoms. The van der Waals surface area contributed by atoms with Crippen LogP contribution in [0.4, 0.5) is 0 Å². The monoisotopic (exact) mass is 794 g/mol. The molecule has 11 heteroatoms. The summed E-state index contributed by atoms with van der Waals surface area (Å²) in [7, 11) is 2.47. The highest BCUT2D eigenvalue weighted by Crippen LogP contribution is 2.40. The van der Waals surface area contributed by atoms with E-state index in [1.165, 1.54) is 46.6 Å². The SMILES string of the molecule is C1CCOC1.Cc1ccc2ccc3ccc(C)nc3c2n1.Cc1ccc2ccc3ccc(C)nc3c2n1.O=C(O)c1ccccc1SSc1ccccc1C(=O)O. The number of carbonyl (C=O) groups is 2. The van der Waals surface area contributed by atoms with E-state index in [0.29, 0.717) is 9.79 Å². The first kappa shape index (κ1) is 40.8. The van der Waals surface area contributed by atoms with E-state index in [0.717, 1.165) is 79.6 Å². The molecular formula is C46H42N4O5S2. The standard InChI is InChI=1S/2C14H12N2.C14H10O4S2.C4H8O/c2*1-9-3-5-11-7-8-12-6-4-10(2)16-14(12)13(11)15-9;15-13(16)9-5-1-3-7-11(9)19-20-12-8-4-2-6-10(12)14(17)18;1-2-4-5-3-1/h2*3-8H,1-2H3;1-8H,(H,15,16)(H,17,18);1-4H2. The summed E-state index contributed by atoms with van der Waals surface area (Å²) in [5.74, 6) is -2.00. The van der Waals surface area contributed by atoms with Gasteiger partial charge < -0.3 is 14.9 Å². The summed E-state index contributed by atoms with van der Waals surface area (Å²) in [6, 6.07) is 38.2. The van der Waals surface area contributed by atoms with Gasteiger partial charge in [-0.2, -0.15) is 0 Å². The Morgan fingerprint density at radius 3 is 1.00 bits per heavy atom. The Kier molecular flexibility index (Phi) is 13.8. The number of carboxylic acid groups (broad SMARTS) is 2. The summed E-state index contributed by atoms with van der Waals surface area (Å²) in [5, 5.41) is 22.8. The molecule has 0 spiro atoms. The molecule has 8 aromatic rings. The van der Waals surface area contributed by atoms with E-state index in [1.54, 1.807) is 36.4 Å². The molecular weight excluding hydrogens is 753 g/mol. The van der Waals surface area contributed by atoms with Crippen LogP contribution in [0.5, 0.6) is 0 Å². The van der Waals surface area contributed by atoms with Crippen LogP contribution in [0.3, 0.4) is 0 Å². The fraction of sp³-hybridized carbons (Fsp3) is 0.174. The molecule has 9 rings (SSSR count). The molecule has 0 saturated carbocycles. The van der Waals surface area contributed by atoms with Gasteiger partial charge in [-0.15, -0.1) is 0 Å². The second-order valence-electron chi connectivity index (χ2n) is 13.3. The lowest BCUT2D eigenvalue weighted by Crippen LogP contribution is -1.98. The maximum atomic E-state index is 11.1. The molecule has 1 saturated heterocycles. The second-order valence-corrected chi connectivity index (χ2v) is 15.5. The lowest BCUT2D eigenvalue weighted by molar-refractivity contribution is 0.0682. The molecule has 0 aliphatic carbocycles. The number of aryl methyl sites for hydroxylation is 4. The van der Waals surface area contributed by atoms with Gasteiger partial charge in [-0.25, -0.2) is 9.59 Å². The summed E-state index contributed by atoms with van der Waals surface area (Å²) >= 11 is 0. The lowest BCUT2D eigenvalue weighted by Gasteiger charge is -2.06. The molecule has 0 atom stereocenters. The number of aromatic carboxylic acids is 2. The van der Waals surface area contributed by atoms with Gasteiger partial charge in [0, 0.05) is 67.3 Å². The minimum absolute atomic E-state index is 0.206. The summed E-state index contributed by atoms with van der Waals surface area (Å²) < 4.78 is 4.94. The molecule has 0 amide bonds. The number of hydrogen-bond donors (Lipinski definition) is 2. The van der Waals surface area contributed by atoms with Crippen LogP contribution in [0.25, 0.3) is 43.6 Å². The van der Waals surface area contributed by atoms with Crippen molar-refractivity contribution in [2.24, 2.45) is 0 Å². The molecule has 0 unspecified atom stereocenters. The molecule has 1 aliphatic heterocycles. The first-order chi connectivity index (χ1) is 27.6. The minimum Gasteiger partial charge on any atom is -0.478 e. The van der Waals surface area contributed by atoms with Gasteiger partial charge >= 0.3 is 11.9 Å². The van der Waals surface area contributed by atoms with Crippen molar-refractivity contribution in [3.63, 3.8) is 0 Å². The number of fused-ring (bicyclic) bond motifs is 6. The van der Waals surface area contributed by atoms with Crippen LogP contribution in [0.15, 0.2) is 131 Å². The fourth-order valence-electron chi connectivity index (χ4n) is 5.96. The molecule has 9 nitrogen and oxygen atoms in total. The first-order valence-electron chi connectivity index (χ1n) is 18.4. The van der Waals surface area contributed by atoms with E-state index < -0.39 is 11.9 Å². The number of carboxylic acids is 2. The summed E-state index contributed by atoms with van der Waals surface area (Å²) in [5.41, 5.74) is 8.54. The largest absolute Gasteiger partial charge is 0.478 e. The number of hydrogen-bond acceptors (Lipinski definition) is 9. The van der Waals surface area contributed by atoms with Crippen molar-refractivity contribution in [2.75, 3.05) is 13.2 Å². The van der Waals surface area contributed by atoms with E-state index in [-0.39, 0.29) is 11.1 Å². The van der Waals surface area contributed by atoms with E-state index in [1.807, 2.05) is 52.0 Å². The van der Waals surface area contributed by atoms with E-state index >= 15 is 0 Å². The molecule has 2 N–H and O–H groups in total. The predicted molar refractivity (Wildman–Crippen MR) is 232 cm³/mol. The molecule has 1 fully saturated rings. The van der Waals surface area contributed by atoms with Crippen molar-refractivity contribution in [1.82, 2.24) is 19.9 Å². The third-order valence-corrected chi connectivity index (χ3v) is 11.4. The number of pyridine rings is 4. The highest BCUT2D eigenvalue weighted by atomic mass is 33.1. The van der Waals surface area contributed by atoms with Crippen LogP contribution in [0.1, 0.15) is 56.3 Å². The molecule has 4 aromatic heterocycles. The Morgan fingerprint density at radius 2 is 0.737 bits per heavy atom. The average Bonchev–Trinajstić information content (AvgIpc) is 3.82. The van der Waals surface area contributed by atoms with E-state index in [2.05, 4.69) is 68.5 Å². The molecule has 5 heterocycles. The molecule has 1 aliphatic rings. The lowest BCUT2D eigenvalue weighted by atomic mass is 10.1. The molecule has 0 bridgehead atoms. The van der Waals surface area contributed by atoms with E-state index in [4.69, 9.17) is 14.9 Å². The van der Waals surface area contributed by atoms with Crippen molar-refractivity contribution in [1.29, 1.82) is 0 Å². The Balaban J connectivity index is 0.000000137. The zero-order valence-corrected chi connectivity index (χ0v) is 33.7. The van der Waals surface area contributed by atoms with Crippen LogP contribution < -0.4 is 0 Å². The highest BCUT2D eigenvalue weighted by molar-refractivity contribution is 8.76. The van der Waals surface area contributed by atoms with Crippen LogP contribution in [0.2, 0.25) is 0 Å². The maximum absolute atomic E-state index is 11.1. The number of ether oxygens (including phenoxy) is 1. The zero-order valence-electron chi connectivity index (χ0n) is 32.1. The van der Waals surface area contributed by atoms with Gasteiger partial charge in [0.05, 0.1) is 33.2 Å². The smallest absolute Gasteiger partial charge is 0.336 e. The Labute approximate surface area is 339 Å². The van der Waals surface area contributed by atoms with Crippen molar-refractivity contribution in [2.45, 2.75) is 50.3 Å². The van der Waals surface area contributed by atoms with Gasteiger partial charge in [-0.3, -0.25) is 19.9 Å². The van der Waals surface area contributed by atoms with Gasteiger partial charge in [0.1, 0.15) is 0 Å². The van der Waals surface area contributed by atoms with Crippen molar-refractivity contribution in [3.05, 3.63) is 155 Å². The van der Waals surface area contributed by atoms with Crippen LogP contribution in [-0.2, 0) is 4.74 Å². The second kappa shape index (κ2) is 19.3. The Bertz CT molecular complexity index is 2390. The molecule has 288 valence electrons. The van der Waals surface area contributed by atoms with Gasteiger partial charge in [0.25, 0.3) is 0 Å². The number of benzene rings is 4. The third-order valence-electron chi connectivity index (χ3n) is 8.88. The van der Waals surface area contributed by atoms with Crippen molar-refractivity contribution < 1.29 is 24.5 Å². The highest BCUT2D eigenvalue weighted by Gasteiger charge is 2.14. The van der Waals surface area contributed by atoms with Crippen LogP contribution in [-0.4, -0.2) is 55.3 Å². The minimum atomic E-state index is -1.000. The van der Waals surface area contributed by atoms with Gasteiger partial charge in [-0.1, -0.05) is 94.4 Å². The van der Waals surface area contributed by atoms with E-state index in [9.17, 15) is 9.59 Å². The topological polar surface area (TPSA) is 135 Å². The van der Waals surface area contributed by atoms with Gasteiger partial charge in [0.15, 0.2) is 0 Å². The fourth-order valence-corrected chi connectivity index (χ4v) is 8.31. The Morgan fingerprint density at radius 1 is 0.456 bits per heavy atom. The quantitative estimate of drug-likeness (QED) is 0.127. The van der Waals surface area contributed by atoms with Crippen molar-refractivity contribution in [3.8, 4) is 0 Å².